The average Bonchev–Trinajstić information content (AvgIpc) is 3.05. The van der Waals surface area contributed by atoms with Gasteiger partial charge in [0.2, 0.25) is 5.82 Å². The molecule has 25 heavy (non-hydrogen) atoms. The molecule has 1 spiro atoms. The van der Waals surface area contributed by atoms with Crippen LogP contribution in [0.2, 0.25) is 0 Å². The second kappa shape index (κ2) is 6.76. The molecule has 0 aromatic carbocycles. The van der Waals surface area contributed by atoms with Gasteiger partial charge in [-0.05, 0) is 37.0 Å². The lowest BCUT2D eigenvalue weighted by Crippen LogP contribution is -2.66. The quantitative estimate of drug-likeness (QED) is 0.822. The van der Waals surface area contributed by atoms with E-state index in [-0.39, 0.29) is 17.3 Å². The number of carbonyl (C=O) groups excluding carboxylic acids is 1. The summed E-state index contributed by atoms with van der Waals surface area (Å²) in [5.41, 5.74) is -0.233. The topological polar surface area (TPSA) is 77.4 Å². The van der Waals surface area contributed by atoms with E-state index in [2.05, 4.69) is 15.0 Å². The Bertz CT molecular complexity index is 720. The first-order valence-corrected chi connectivity index (χ1v) is 8.50. The summed E-state index contributed by atoms with van der Waals surface area (Å²) in [4.78, 5) is 26.2. The van der Waals surface area contributed by atoms with Gasteiger partial charge in [-0.25, -0.2) is 9.97 Å². The molecule has 2 fully saturated rings. The van der Waals surface area contributed by atoms with E-state index in [1.165, 1.54) is 0 Å². The van der Waals surface area contributed by atoms with Crippen molar-refractivity contribution in [3.63, 3.8) is 0 Å². The van der Waals surface area contributed by atoms with Gasteiger partial charge < -0.3 is 14.4 Å². The molecule has 1 atom stereocenters. The second-order valence-electron chi connectivity index (χ2n) is 6.46. The van der Waals surface area contributed by atoms with Gasteiger partial charge >= 0.3 is 0 Å². The highest BCUT2D eigenvalue weighted by atomic mass is 16.5. The average molecular weight is 340 g/mol. The van der Waals surface area contributed by atoms with Gasteiger partial charge in [0.25, 0.3) is 5.91 Å². The Labute approximate surface area is 146 Å². The fourth-order valence-electron chi connectivity index (χ4n) is 3.59. The number of hydrogen-bond acceptors (Lipinski definition) is 6. The molecule has 4 rings (SSSR count). The van der Waals surface area contributed by atoms with Crippen LogP contribution in [0.3, 0.4) is 0 Å². The van der Waals surface area contributed by atoms with E-state index in [0.717, 1.165) is 25.2 Å². The number of rotatable bonds is 5. The summed E-state index contributed by atoms with van der Waals surface area (Å²) in [6.07, 6.45) is 8.51. The summed E-state index contributed by atoms with van der Waals surface area (Å²) in [5.74, 6) is 1.28. The van der Waals surface area contributed by atoms with Crippen LogP contribution in [0.1, 0.15) is 23.5 Å². The minimum Gasteiger partial charge on any atom is -0.492 e. The molecule has 1 amide bonds. The van der Waals surface area contributed by atoms with E-state index in [0.29, 0.717) is 25.6 Å². The molecule has 2 aliphatic heterocycles. The van der Waals surface area contributed by atoms with Crippen molar-refractivity contribution in [1.29, 1.82) is 0 Å². The molecule has 2 aliphatic rings. The van der Waals surface area contributed by atoms with Gasteiger partial charge in [0, 0.05) is 25.2 Å². The van der Waals surface area contributed by atoms with Gasteiger partial charge in [-0.1, -0.05) is 0 Å². The normalized spacial score (nSPS) is 21.1. The fraction of sp³-hybridized carbons (Fsp3) is 0.444. The maximum atomic E-state index is 12.4. The molecular weight excluding hydrogens is 320 g/mol. The molecule has 0 unspecified atom stereocenters. The monoisotopic (exact) mass is 340 g/mol. The summed E-state index contributed by atoms with van der Waals surface area (Å²) in [6.45, 7) is 2.56. The Morgan fingerprint density at radius 3 is 2.88 bits per heavy atom. The van der Waals surface area contributed by atoms with Crippen molar-refractivity contribution in [2.45, 2.75) is 18.4 Å². The number of ether oxygens (including phenoxy) is 2. The minimum atomic E-state index is -0.233. The smallest absolute Gasteiger partial charge is 0.291 e. The predicted octanol–water partition coefficient (Wildman–Crippen LogP) is 1.57. The Hall–Kier alpha value is -2.54. The number of amides is 1. The molecule has 0 radical (unpaired) electrons. The van der Waals surface area contributed by atoms with Crippen LogP contribution in [-0.4, -0.2) is 57.7 Å². The van der Waals surface area contributed by atoms with E-state index in [9.17, 15) is 4.79 Å². The largest absolute Gasteiger partial charge is 0.492 e. The van der Waals surface area contributed by atoms with Crippen molar-refractivity contribution in [2.75, 3.05) is 26.3 Å². The summed E-state index contributed by atoms with van der Waals surface area (Å²) in [6, 6.07) is 5.46. The van der Waals surface area contributed by atoms with Crippen LogP contribution in [-0.2, 0) is 4.74 Å². The highest BCUT2D eigenvalue weighted by Gasteiger charge is 2.54. The first-order valence-electron chi connectivity index (χ1n) is 8.50. The highest BCUT2D eigenvalue weighted by molar-refractivity contribution is 5.91. The molecule has 7 nitrogen and oxygen atoms in total. The second-order valence-corrected chi connectivity index (χ2v) is 6.46. The zero-order valence-corrected chi connectivity index (χ0v) is 13.9. The molecule has 0 bridgehead atoms. The Balaban J connectivity index is 1.31. The van der Waals surface area contributed by atoms with E-state index < -0.39 is 0 Å². The summed E-state index contributed by atoms with van der Waals surface area (Å²) in [5, 5.41) is 0. The van der Waals surface area contributed by atoms with Gasteiger partial charge in [0.1, 0.15) is 11.4 Å². The number of pyridine rings is 1. The van der Waals surface area contributed by atoms with Crippen LogP contribution in [0.4, 0.5) is 0 Å². The van der Waals surface area contributed by atoms with Crippen molar-refractivity contribution in [3.05, 3.63) is 48.8 Å². The Morgan fingerprint density at radius 1 is 1.28 bits per heavy atom. The highest BCUT2D eigenvalue weighted by Crippen LogP contribution is 2.42. The van der Waals surface area contributed by atoms with Crippen molar-refractivity contribution in [3.8, 4) is 5.75 Å². The molecule has 130 valence electrons. The zero-order chi connectivity index (χ0) is 17.1. The molecule has 4 heterocycles. The van der Waals surface area contributed by atoms with Crippen LogP contribution in [0.15, 0.2) is 43.0 Å². The summed E-state index contributed by atoms with van der Waals surface area (Å²) < 4.78 is 11.8. The lowest BCUT2D eigenvalue weighted by molar-refractivity contribution is -0.119. The lowest BCUT2D eigenvalue weighted by atomic mass is 9.79. The number of aromatic nitrogens is 3. The Morgan fingerprint density at radius 2 is 2.12 bits per heavy atom. The molecule has 2 aromatic rings. The van der Waals surface area contributed by atoms with E-state index in [1.54, 1.807) is 35.8 Å². The van der Waals surface area contributed by atoms with E-state index in [4.69, 9.17) is 9.47 Å². The lowest BCUT2D eigenvalue weighted by Gasteiger charge is -2.50. The standard InChI is InChI=1S/C18H20N4O3/c23-17(16-20-7-2-8-21-16)22-12-18(13-22)14(5-10-25-18)4-9-24-15-3-1-6-19-11-15/h1-3,6-8,11,14H,4-5,9-10,12-13H2/t14-/m0/s1. The summed E-state index contributed by atoms with van der Waals surface area (Å²) in [7, 11) is 0. The summed E-state index contributed by atoms with van der Waals surface area (Å²) >= 11 is 0. The number of carbonyl (C=O) groups is 1. The van der Waals surface area contributed by atoms with E-state index >= 15 is 0 Å². The van der Waals surface area contributed by atoms with Gasteiger partial charge in [-0.15, -0.1) is 0 Å². The van der Waals surface area contributed by atoms with Gasteiger partial charge in [0.05, 0.1) is 25.9 Å². The molecule has 0 N–H and O–H groups in total. The van der Waals surface area contributed by atoms with Crippen LogP contribution < -0.4 is 4.74 Å². The molecule has 0 aliphatic carbocycles. The number of likely N-dealkylation sites (tertiary alicyclic amines) is 1. The van der Waals surface area contributed by atoms with Crippen LogP contribution in [0.25, 0.3) is 0 Å². The molecule has 2 aromatic heterocycles. The van der Waals surface area contributed by atoms with Crippen molar-refractivity contribution in [1.82, 2.24) is 19.9 Å². The van der Waals surface area contributed by atoms with Crippen LogP contribution >= 0.6 is 0 Å². The third-order valence-electron chi connectivity index (χ3n) is 4.93. The first kappa shape index (κ1) is 16.0. The van der Waals surface area contributed by atoms with Crippen molar-refractivity contribution < 1.29 is 14.3 Å². The fourth-order valence-corrected chi connectivity index (χ4v) is 3.59. The van der Waals surface area contributed by atoms with E-state index in [1.807, 2.05) is 12.1 Å². The molecule has 2 saturated heterocycles. The molecule has 7 heteroatoms. The van der Waals surface area contributed by atoms with Gasteiger partial charge in [0.15, 0.2) is 0 Å². The third-order valence-corrected chi connectivity index (χ3v) is 4.93. The first-order chi connectivity index (χ1) is 12.3. The van der Waals surface area contributed by atoms with Gasteiger partial charge in [-0.3, -0.25) is 9.78 Å². The molecular formula is C18H20N4O3. The van der Waals surface area contributed by atoms with Crippen LogP contribution in [0.5, 0.6) is 5.75 Å². The maximum absolute atomic E-state index is 12.4. The predicted molar refractivity (Wildman–Crippen MR) is 89.1 cm³/mol. The third kappa shape index (κ3) is 3.19. The van der Waals surface area contributed by atoms with Crippen molar-refractivity contribution >= 4 is 5.91 Å². The number of hydrogen-bond donors (Lipinski definition) is 0. The zero-order valence-electron chi connectivity index (χ0n) is 13.9. The SMILES string of the molecule is O=C(c1ncccn1)N1CC2(C1)OCC[C@@H]2CCOc1cccnc1. The van der Waals surface area contributed by atoms with Gasteiger partial charge in [-0.2, -0.15) is 0 Å². The van der Waals surface area contributed by atoms with Crippen molar-refractivity contribution in [2.24, 2.45) is 5.92 Å². The van der Waals surface area contributed by atoms with Crippen LogP contribution in [0, 0.1) is 5.92 Å². The minimum absolute atomic E-state index is 0.132. The number of nitrogens with zero attached hydrogens (tertiary/aromatic N) is 4. The Kier molecular flexibility index (Phi) is 4.31. The molecule has 0 saturated carbocycles. The maximum Gasteiger partial charge on any atom is 0.291 e.